The lowest BCUT2D eigenvalue weighted by molar-refractivity contribution is 0.232. The Bertz CT molecular complexity index is 338. The van der Waals surface area contributed by atoms with Gasteiger partial charge in [-0.15, -0.1) is 0 Å². The molecule has 0 aliphatic heterocycles. The molecule has 1 saturated carbocycles. The third kappa shape index (κ3) is 2.48. The van der Waals surface area contributed by atoms with Crippen LogP contribution in [-0.2, 0) is 0 Å². The van der Waals surface area contributed by atoms with E-state index in [2.05, 4.69) is 11.1 Å². The second kappa shape index (κ2) is 4.19. The van der Waals surface area contributed by atoms with Crippen molar-refractivity contribution >= 4 is 0 Å². The van der Waals surface area contributed by atoms with E-state index in [1.807, 2.05) is 26.0 Å². The lowest BCUT2D eigenvalue weighted by Crippen LogP contribution is -2.08. The van der Waals surface area contributed by atoms with Crippen molar-refractivity contribution in [3.05, 3.63) is 23.9 Å². The molecule has 1 heterocycles. The second-order valence-electron chi connectivity index (χ2n) is 4.41. The van der Waals surface area contributed by atoms with Gasteiger partial charge in [-0.05, 0) is 38.8 Å². The normalized spacial score (nSPS) is 24.3. The van der Waals surface area contributed by atoms with Crippen molar-refractivity contribution in [2.75, 3.05) is 6.54 Å². The van der Waals surface area contributed by atoms with Gasteiger partial charge < -0.3 is 10.5 Å². The molecule has 2 rings (SSSR count). The Morgan fingerprint density at radius 2 is 2.33 bits per heavy atom. The molecule has 1 aliphatic rings. The SMILES string of the molecule is CC(C)Oc1cccc(C2CC2CN)n1. The first-order chi connectivity index (χ1) is 7.20. The Kier molecular flexibility index (Phi) is 2.91. The van der Waals surface area contributed by atoms with Gasteiger partial charge in [0.25, 0.3) is 0 Å². The fourth-order valence-corrected chi connectivity index (χ4v) is 1.81. The van der Waals surface area contributed by atoms with Crippen molar-refractivity contribution in [2.45, 2.75) is 32.3 Å². The fourth-order valence-electron chi connectivity index (χ4n) is 1.81. The average molecular weight is 206 g/mol. The first kappa shape index (κ1) is 10.4. The van der Waals surface area contributed by atoms with Crippen LogP contribution in [0.3, 0.4) is 0 Å². The molecule has 0 saturated heterocycles. The first-order valence-corrected chi connectivity index (χ1v) is 5.54. The molecule has 82 valence electrons. The highest BCUT2D eigenvalue weighted by molar-refractivity contribution is 5.23. The topological polar surface area (TPSA) is 48.1 Å². The van der Waals surface area contributed by atoms with Crippen molar-refractivity contribution < 1.29 is 4.74 Å². The van der Waals surface area contributed by atoms with Gasteiger partial charge in [-0.3, -0.25) is 0 Å². The monoisotopic (exact) mass is 206 g/mol. The number of nitrogens with two attached hydrogens (primary N) is 1. The summed E-state index contributed by atoms with van der Waals surface area (Å²) in [5.41, 5.74) is 6.75. The van der Waals surface area contributed by atoms with Gasteiger partial charge >= 0.3 is 0 Å². The smallest absolute Gasteiger partial charge is 0.213 e. The van der Waals surface area contributed by atoms with Crippen molar-refractivity contribution in [1.82, 2.24) is 4.98 Å². The van der Waals surface area contributed by atoms with Crippen LogP contribution in [-0.4, -0.2) is 17.6 Å². The molecule has 3 nitrogen and oxygen atoms in total. The van der Waals surface area contributed by atoms with Gasteiger partial charge in [0.05, 0.1) is 6.10 Å². The molecule has 0 amide bonds. The van der Waals surface area contributed by atoms with Crippen LogP contribution in [0.4, 0.5) is 0 Å². The van der Waals surface area contributed by atoms with Gasteiger partial charge in [-0.25, -0.2) is 4.98 Å². The number of ether oxygens (including phenoxy) is 1. The molecule has 1 aromatic heterocycles. The van der Waals surface area contributed by atoms with E-state index in [0.29, 0.717) is 11.8 Å². The number of aromatic nitrogens is 1. The summed E-state index contributed by atoms with van der Waals surface area (Å²) >= 11 is 0. The van der Waals surface area contributed by atoms with Crippen LogP contribution in [0.25, 0.3) is 0 Å². The molecule has 3 heteroatoms. The Labute approximate surface area is 90.7 Å². The average Bonchev–Trinajstić information content (AvgIpc) is 2.96. The summed E-state index contributed by atoms with van der Waals surface area (Å²) in [6, 6.07) is 5.97. The van der Waals surface area contributed by atoms with E-state index in [1.165, 1.54) is 6.42 Å². The van der Waals surface area contributed by atoms with Crippen molar-refractivity contribution in [2.24, 2.45) is 11.7 Å². The molecule has 15 heavy (non-hydrogen) atoms. The van der Waals surface area contributed by atoms with E-state index < -0.39 is 0 Å². The van der Waals surface area contributed by atoms with Gasteiger partial charge in [-0.2, -0.15) is 0 Å². The van der Waals surface area contributed by atoms with Crippen LogP contribution < -0.4 is 10.5 Å². The third-order valence-corrected chi connectivity index (χ3v) is 2.71. The van der Waals surface area contributed by atoms with Crippen molar-refractivity contribution in [3.8, 4) is 5.88 Å². The van der Waals surface area contributed by atoms with Crippen LogP contribution in [0.15, 0.2) is 18.2 Å². The second-order valence-corrected chi connectivity index (χ2v) is 4.41. The Balaban J connectivity index is 2.06. The summed E-state index contributed by atoms with van der Waals surface area (Å²) in [7, 11) is 0. The molecule has 1 fully saturated rings. The maximum Gasteiger partial charge on any atom is 0.213 e. The number of hydrogen-bond donors (Lipinski definition) is 1. The van der Waals surface area contributed by atoms with Gasteiger partial charge in [0, 0.05) is 17.7 Å². The fraction of sp³-hybridized carbons (Fsp3) is 0.583. The number of pyridine rings is 1. The minimum atomic E-state index is 0.178. The van der Waals surface area contributed by atoms with Gasteiger partial charge in [-0.1, -0.05) is 6.07 Å². The van der Waals surface area contributed by atoms with Crippen LogP contribution in [0, 0.1) is 5.92 Å². The van der Waals surface area contributed by atoms with Gasteiger partial charge in [0.1, 0.15) is 0 Å². The van der Waals surface area contributed by atoms with Crippen LogP contribution >= 0.6 is 0 Å². The minimum Gasteiger partial charge on any atom is -0.475 e. The Hall–Kier alpha value is -1.09. The lowest BCUT2D eigenvalue weighted by atomic mass is 10.2. The van der Waals surface area contributed by atoms with Gasteiger partial charge in [0.15, 0.2) is 0 Å². The van der Waals surface area contributed by atoms with Crippen LogP contribution in [0.2, 0.25) is 0 Å². The zero-order valence-corrected chi connectivity index (χ0v) is 9.31. The van der Waals surface area contributed by atoms with E-state index in [9.17, 15) is 0 Å². The van der Waals surface area contributed by atoms with E-state index >= 15 is 0 Å². The summed E-state index contributed by atoms with van der Waals surface area (Å²) in [5.74, 6) is 1.92. The molecule has 0 spiro atoms. The maximum absolute atomic E-state index is 5.62. The standard InChI is InChI=1S/C12H18N2O/c1-8(2)15-12-5-3-4-11(14-12)10-6-9(10)7-13/h3-5,8-10H,6-7,13H2,1-2H3. The first-order valence-electron chi connectivity index (χ1n) is 5.54. The van der Waals surface area contributed by atoms with Crippen LogP contribution in [0.1, 0.15) is 31.9 Å². The maximum atomic E-state index is 5.62. The molecule has 1 aliphatic carbocycles. The summed E-state index contributed by atoms with van der Waals surface area (Å²) in [6.45, 7) is 4.78. The molecule has 2 unspecified atom stereocenters. The molecule has 0 radical (unpaired) electrons. The van der Waals surface area contributed by atoms with Crippen LogP contribution in [0.5, 0.6) is 5.88 Å². The van der Waals surface area contributed by atoms with Gasteiger partial charge in [0.2, 0.25) is 5.88 Å². The quantitative estimate of drug-likeness (QED) is 0.819. The van der Waals surface area contributed by atoms with E-state index in [0.717, 1.165) is 18.1 Å². The zero-order valence-electron chi connectivity index (χ0n) is 9.31. The van der Waals surface area contributed by atoms with Crippen molar-refractivity contribution in [1.29, 1.82) is 0 Å². The largest absolute Gasteiger partial charge is 0.475 e. The molecular weight excluding hydrogens is 188 g/mol. The van der Waals surface area contributed by atoms with Crippen molar-refractivity contribution in [3.63, 3.8) is 0 Å². The lowest BCUT2D eigenvalue weighted by Gasteiger charge is -2.09. The summed E-state index contributed by atoms with van der Waals surface area (Å²) in [6.07, 6.45) is 1.35. The molecule has 0 bridgehead atoms. The van der Waals surface area contributed by atoms with E-state index in [1.54, 1.807) is 0 Å². The summed E-state index contributed by atoms with van der Waals surface area (Å²) in [5, 5.41) is 0. The van der Waals surface area contributed by atoms with E-state index in [4.69, 9.17) is 10.5 Å². The predicted octanol–water partition coefficient (Wildman–Crippen LogP) is 1.93. The highest BCUT2D eigenvalue weighted by Gasteiger charge is 2.38. The molecule has 0 aromatic carbocycles. The molecular formula is C12H18N2O. The number of rotatable bonds is 4. The van der Waals surface area contributed by atoms with E-state index in [-0.39, 0.29) is 6.10 Å². The predicted molar refractivity (Wildman–Crippen MR) is 59.9 cm³/mol. The number of hydrogen-bond acceptors (Lipinski definition) is 3. The summed E-state index contributed by atoms with van der Waals surface area (Å²) < 4.78 is 5.56. The Morgan fingerprint density at radius 3 is 2.93 bits per heavy atom. The zero-order chi connectivity index (χ0) is 10.8. The Morgan fingerprint density at radius 1 is 1.53 bits per heavy atom. The molecule has 2 atom stereocenters. The number of nitrogens with zero attached hydrogens (tertiary/aromatic N) is 1. The molecule has 2 N–H and O–H groups in total. The minimum absolute atomic E-state index is 0.178. The third-order valence-electron chi connectivity index (χ3n) is 2.71. The highest BCUT2D eigenvalue weighted by atomic mass is 16.5. The molecule has 1 aromatic rings. The summed E-state index contributed by atoms with van der Waals surface area (Å²) in [4.78, 5) is 4.50. The highest BCUT2D eigenvalue weighted by Crippen LogP contribution is 2.46.